The van der Waals surface area contributed by atoms with E-state index in [0.717, 1.165) is 5.56 Å². The summed E-state index contributed by atoms with van der Waals surface area (Å²) in [7, 11) is 0. The minimum atomic E-state index is -0.730. The van der Waals surface area contributed by atoms with Crippen molar-refractivity contribution in [2.75, 3.05) is 0 Å². The van der Waals surface area contributed by atoms with E-state index in [1.807, 2.05) is 19.9 Å². The lowest BCUT2D eigenvalue weighted by Gasteiger charge is -2.36. The fourth-order valence-corrected chi connectivity index (χ4v) is 2.11. The summed E-state index contributed by atoms with van der Waals surface area (Å²) in [6.07, 6.45) is 0. The van der Waals surface area contributed by atoms with Crippen LogP contribution in [-0.4, -0.2) is 22.6 Å². The molecular weight excluding hydrogens is 301 g/mol. The molecule has 0 aliphatic carbocycles. The third-order valence-electron chi connectivity index (χ3n) is 2.67. The van der Waals surface area contributed by atoms with Crippen LogP contribution in [0.15, 0.2) is 28.2 Å². The molecule has 2 rings (SSSR count). The van der Waals surface area contributed by atoms with E-state index in [0.29, 0.717) is 10.0 Å². The van der Waals surface area contributed by atoms with Gasteiger partial charge >= 0.3 is 0 Å². The molecule has 8 heteroatoms. The smallest absolute Gasteiger partial charge is 0.226 e. The van der Waals surface area contributed by atoms with Gasteiger partial charge in [0, 0.05) is 0 Å². The molecule has 1 aromatic rings. The highest BCUT2D eigenvalue weighted by Crippen LogP contribution is 2.24. The summed E-state index contributed by atoms with van der Waals surface area (Å²) in [5.74, 6) is 0.282. The van der Waals surface area contributed by atoms with Gasteiger partial charge in [0.05, 0.1) is 10.0 Å². The minimum absolute atomic E-state index is 0.127. The third-order valence-corrected chi connectivity index (χ3v) is 3.41. The molecule has 6 nitrogen and oxygen atoms in total. The molecule has 0 amide bonds. The highest BCUT2D eigenvalue weighted by atomic mass is 35.5. The fraction of sp³-hybridized carbons (Fsp3) is 0.333. The van der Waals surface area contributed by atoms with Gasteiger partial charge in [-0.15, -0.1) is 0 Å². The van der Waals surface area contributed by atoms with Crippen molar-refractivity contribution >= 4 is 35.1 Å². The molecule has 0 fully saturated rings. The fourth-order valence-electron chi connectivity index (χ4n) is 1.79. The quantitative estimate of drug-likeness (QED) is 0.894. The monoisotopic (exact) mass is 315 g/mol. The Bertz CT molecular complexity index is 585. The van der Waals surface area contributed by atoms with Gasteiger partial charge in [-0.1, -0.05) is 29.3 Å². The van der Waals surface area contributed by atoms with Crippen LogP contribution in [0.2, 0.25) is 10.0 Å². The van der Waals surface area contributed by atoms with Gasteiger partial charge in [-0.3, -0.25) is 4.84 Å². The standard InChI is InChI=1S/C12H15Cl2N5O/c1-12(2)18-10(15)17-11(16)19(12)20-6-7-3-4-8(13)9(14)5-7/h3-5H,6H2,1-2H3,(H4,15,16,17,18). The first-order chi connectivity index (χ1) is 9.29. The Hall–Kier alpha value is -1.50. The van der Waals surface area contributed by atoms with Crippen LogP contribution in [0.3, 0.4) is 0 Å². The van der Waals surface area contributed by atoms with Crippen LogP contribution in [-0.2, 0) is 11.4 Å². The molecule has 0 saturated heterocycles. The summed E-state index contributed by atoms with van der Waals surface area (Å²) >= 11 is 11.8. The average molecular weight is 316 g/mol. The van der Waals surface area contributed by atoms with Gasteiger partial charge in [0.25, 0.3) is 0 Å². The lowest BCUT2D eigenvalue weighted by atomic mass is 10.2. The van der Waals surface area contributed by atoms with E-state index in [-0.39, 0.29) is 18.5 Å². The zero-order chi connectivity index (χ0) is 14.9. The van der Waals surface area contributed by atoms with Crippen molar-refractivity contribution in [3.8, 4) is 0 Å². The number of nitrogens with zero attached hydrogens (tertiary/aromatic N) is 3. The number of hydroxylamine groups is 2. The Kier molecular flexibility index (Phi) is 4.08. The first-order valence-corrected chi connectivity index (χ1v) is 6.62. The molecule has 1 heterocycles. The van der Waals surface area contributed by atoms with Gasteiger partial charge in [0.15, 0.2) is 5.66 Å². The van der Waals surface area contributed by atoms with Crippen molar-refractivity contribution in [3.05, 3.63) is 33.8 Å². The summed E-state index contributed by atoms with van der Waals surface area (Å²) in [6, 6.07) is 5.25. The molecule has 0 atom stereocenters. The Morgan fingerprint density at radius 3 is 2.55 bits per heavy atom. The van der Waals surface area contributed by atoms with Crippen molar-refractivity contribution in [3.63, 3.8) is 0 Å². The second-order valence-electron chi connectivity index (χ2n) is 4.75. The molecule has 0 saturated carbocycles. The van der Waals surface area contributed by atoms with Gasteiger partial charge in [0.1, 0.15) is 6.61 Å². The highest BCUT2D eigenvalue weighted by molar-refractivity contribution is 6.42. The van der Waals surface area contributed by atoms with Crippen molar-refractivity contribution < 1.29 is 4.84 Å². The normalized spacial score (nSPS) is 17.7. The number of nitrogens with two attached hydrogens (primary N) is 2. The van der Waals surface area contributed by atoms with E-state index in [1.54, 1.807) is 12.1 Å². The largest absolute Gasteiger partial charge is 0.368 e. The van der Waals surface area contributed by atoms with Crippen LogP contribution in [0.1, 0.15) is 19.4 Å². The lowest BCUT2D eigenvalue weighted by molar-refractivity contribution is -0.166. The van der Waals surface area contributed by atoms with Gasteiger partial charge in [-0.2, -0.15) is 10.1 Å². The number of hydrogen-bond donors (Lipinski definition) is 2. The Labute approximate surface area is 127 Å². The van der Waals surface area contributed by atoms with E-state index < -0.39 is 5.66 Å². The lowest BCUT2D eigenvalue weighted by Crippen LogP contribution is -2.53. The molecule has 1 aliphatic rings. The molecule has 0 spiro atoms. The third kappa shape index (κ3) is 3.15. The number of rotatable bonds is 3. The van der Waals surface area contributed by atoms with Crippen LogP contribution in [0, 0.1) is 0 Å². The Balaban J connectivity index is 2.10. The average Bonchev–Trinajstić information content (AvgIpc) is 2.31. The van der Waals surface area contributed by atoms with Gasteiger partial charge in [-0.05, 0) is 31.5 Å². The van der Waals surface area contributed by atoms with Crippen molar-refractivity contribution in [2.45, 2.75) is 26.1 Å². The van der Waals surface area contributed by atoms with Crippen LogP contribution >= 0.6 is 23.2 Å². The number of benzene rings is 1. The van der Waals surface area contributed by atoms with E-state index in [4.69, 9.17) is 39.5 Å². The first-order valence-electron chi connectivity index (χ1n) is 5.86. The molecular formula is C12H15Cl2N5O. The van der Waals surface area contributed by atoms with E-state index in [2.05, 4.69) is 9.98 Å². The molecule has 0 bridgehead atoms. The molecule has 1 aliphatic heterocycles. The van der Waals surface area contributed by atoms with Crippen molar-refractivity contribution in [1.82, 2.24) is 5.06 Å². The van der Waals surface area contributed by atoms with Crippen LogP contribution < -0.4 is 11.5 Å². The molecule has 0 aromatic heterocycles. The summed E-state index contributed by atoms with van der Waals surface area (Å²) in [6.45, 7) is 3.89. The van der Waals surface area contributed by atoms with E-state index in [1.165, 1.54) is 5.06 Å². The number of guanidine groups is 2. The predicted molar refractivity (Wildman–Crippen MR) is 80.4 cm³/mol. The van der Waals surface area contributed by atoms with E-state index in [9.17, 15) is 0 Å². The zero-order valence-corrected chi connectivity index (χ0v) is 12.6. The topological polar surface area (TPSA) is 89.2 Å². The summed E-state index contributed by atoms with van der Waals surface area (Å²) in [5, 5.41) is 2.37. The maximum Gasteiger partial charge on any atom is 0.226 e. The van der Waals surface area contributed by atoms with Crippen molar-refractivity contribution in [2.24, 2.45) is 21.5 Å². The first kappa shape index (κ1) is 14.9. The molecule has 0 radical (unpaired) electrons. The summed E-state index contributed by atoms with van der Waals surface area (Å²) in [4.78, 5) is 13.7. The summed E-state index contributed by atoms with van der Waals surface area (Å²) < 4.78 is 0. The van der Waals surface area contributed by atoms with Crippen LogP contribution in [0.25, 0.3) is 0 Å². The molecule has 4 N–H and O–H groups in total. The minimum Gasteiger partial charge on any atom is -0.368 e. The van der Waals surface area contributed by atoms with Crippen LogP contribution in [0.5, 0.6) is 0 Å². The number of aliphatic imine (C=N–C) groups is 2. The van der Waals surface area contributed by atoms with Gasteiger partial charge in [0.2, 0.25) is 11.9 Å². The molecule has 20 heavy (non-hydrogen) atoms. The van der Waals surface area contributed by atoms with Crippen LogP contribution in [0.4, 0.5) is 0 Å². The zero-order valence-electron chi connectivity index (χ0n) is 11.1. The SMILES string of the molecule is CC1(C)N=C(N)N=C(N)N1OCc1ccc(Cl)c(Cl)c1. The Morgan fingerprint density at radius 1 is 1.25 bits per heavy atom. The second kappa shape index (κ2) is 5.47. The van der Waals surface area contributed by atoms with Crippen molar-refractivity contribution in [1.29, 1.82) is 0 Å². The second-order valence-corrected chi connectivity index (χ2v) is 5.57. The predicted octanol–water partition coefficient (Wildman–Crippen LogP) is 2.11. The molecule has 0 unspecified atom stereocenters. The maximum absolute atomic E-state index is 5.95. The van der Waals surface area contributed by atoms with Gasteiger partial charge < -0.3 is 11.5 Å². The highest BCUT2D eigenvalue weighted by Gasteiger charge is 2.33. The summed E-state index contributed by atoms with van der Waals surface area (Å²) in [5.41, 5.74) is 11.5. The van der Waals surface area contributed by atoms with Gasteiger partial charge in [-0.25, -0.2) is 4.99 Å². The molecule has 1 aromatic carbocycles. The number of hydrogen-bond acceptors (Lipinski definition) is 6. The Morgan fingerprint density at radius 2 is 1.95 bits per heavy atom. The van der Waals surface area contributed by atoms with E-state index >= 15 is 0 Å². The maximum atomic E-state index is 5.95. The number of halogens is 2. The molecule has 108 valence electrons.